The monoisotopic (exact) mass is 282 g/mol. The largest absolute Gasteiger partial charge is 0.470 e. The second-order valence-corrected chi connectivity index (χ2v) is 6.62. The fourth-order valence-corrected chi connectivity index (χ4v) is 2.52. The molecule has 0 amide bonds. The van der Waals surface area contributed by atoms with E-state index in [2.05, 4.69) is 14.3 Å². The minimum atomic E-state index is -0.326. The minimum absolute atomic E-state index is 0.326. The molecular weight excluding hydrogens is 268 g/mol. The van der Waals surface area contributed by atoms with E-state index in [1.54, 1.807) is 6.07 Å². The molecule has 0 atom stereocenters. The summed E-state index contributed by atoms with van der Waals surface area (Å²) in [6, 6.07) is 3.63. The van der Waals surface area contributed by atoms with Crippen molar-refractivity contribution >= 4 is 29.0 Å². The molecule has 5 nitrogen and oxygen atoms in total. The zero-order valence-corrected chi connectivity index (χ0v) is 12.0. The third-order valence-electron chi connectivity index (χ3n) is 1.80. The summed E-state index contributed by atoms with van der Waals surface area (Å²) in [6.45, 7) is 5.87. The van der Waals surface area contributed by atoms with Crippen LogP contribution in [0.15, 0.2) is 27.8 Å². The molecule has 18 heavy (non-hydrogen) atoms. The fraction of sp³-hybridized carbons (Fsp3) is 0.364. The number of ether oxygens (including phenoxy) is 1. The Labute approximate surface area is 114 Å². The predicted molar refractivity (Wildman–Crippen MR) is 73.1 cm³/mol. The zero-order valence-electron chi connectivity index (χ0n) is 10.4. The number of nitrogens with zero attached hydrogens (tertiary/aromatic N) is 3. The minimum Gasteiger partial charge on any atom is -0.470 e. The molecular formula is C11H14N4OS2. The number of anilines is 1. The van der Waals surface area contributed by atoms with Crippen molar-refractivity contribution in [3.63, 3.8) is 0 Å². The maximum absolute atomic E-state index is 5.85. The zero-order chi connectivity index (χ0) is 13.2. The van der Waals surface area contributed by atoms with Crippen LogP contribution in [-0.4, -0.2) is 19.9 Å². The fourth-order valence-electron chi connectivity index (χ4n) is 1.16. The van der Waals surface area contributed by atoms with Gasteiger partial charge < -0.3 is 10.5 Å². The lowest BCUT2D eigenvalue weighted by Crippen LogP contribution is -2.24. The highest BCUT2D eigenvalue weighted by Crippen LogP contribution is 2.31. The van der Waals surface area contributed by atoms with Crippen LogP contribution in [0.4, 0.5) is 5.69 Å². The molecule has 2 rings (SSSR count). The summed E-state index contributed by atoms with van der Waals surface area (Å²) in [4.78, 5) is 8.48. The van der Waals surface area contributed by atoms with Crippen molar-refractivity contribution in [3.05, 3.63) is 18.5 Å². The highest BCUT2D eigenvalue weighted by atomic mass is 32.2. The Kier molecular flexibility index (Phi) is 3.72. The third kappa shape index (κ3) is 3.58. The van der Waals surface area contributed by atoms with Gasteiger partial charge in [0.15, 0.2) is 4.34 Å². The molecule has 2 N–H and O–H groups in total. The van der Waals surface area contributed by atoms with E-state index in [-0.39, 0.29) is 5.60 Å². The lowest BCUT2D eigenvalue weighted by atomic mass is 10.2. The van der Waals surface area contributed by atoms with E-state index in [0.717, 1.165) is 9.37 Å². The summed E-state index contributed by atoms with van der Waals surface area (Å²) < 4.78 is 10.5. The van der Waals surface area contributed by atoms with E-state index in [4.69, 9.17) is 10.5 Å². The molecule has 0 fully saturated rings. The molecule has 0 bridgehead atoms. The van der Waals surface area contributed by atoms with Crippen LogP contribution < -0.4 is 10.5 Å². The molecule has 0 unspecified atom stereocenters. The van der Waals surface area contributed by atoms with Crippen molar-refractivity contribution in [2.75, 3.05) is 5.73 Å². The summed E-state index contributed by atoms with van der Waals surface area (Å²) in [6.07, 6.45) is 1.52. The van der Waals surface area contributed by atoms with E-state index in [1.807, 2.05) is 26.8 Å². The van der Waals surface area contributed by atoms with Crippen LogP contribution in [0.2, 0.25) is 0 Å². The van der Waals surface area contributed by atoms with E-state index < -0.39 is 0 Å². The van der Waals surface area contributed by atoms with Gasteiger partial charge in [0.2, 0.25) is 5.88 Å². The van der Waals surface area contributed by atoms with Crippen molar-refractivity contribution < 1.29 is 4.74 Å². The van der Waals surface area contributed by atoms with Gasteiger partial charge in [0, 0.05) is 0 Å². The topological polar surface area (TPSA) is 73.9 Å². The van der Waals surface area contributed by atoms with Gasteiger partial charge in [0.05, 0.1) is 5.69 Å². The Bertz CT molecular complexity index is 522. The molecule has 2 heterocycles. The quantitative estimate of drug-likeness (QED) is 0.933. The number of nitrogen functional groups attached to an aromatic ring is 1. The van der Waals surface area contributed by atoms with Crippen molar-refractivity contribution in [3.8, 4) is 5.88 Å². The number of aromatic nitrogens is 3. The molecule has 0 aliphatic heterocycles. The Morgan fingerprint density at radius 1 is 1.33 bits per heavy atom. The Morgan fingerprint density at radius 2 is 2.11 bits per heavy atom. The number of hydrogen-bond donors (Lipinski definition) is 1. The number of rotatable bonds is 3. The first kappa shape index (κ1) is 13.1. The van der Waals surface area contributed by atoms with Gasteiger partial charge in [-0.1, -0.05) is 0 Å². The van der Waals surface area contributed by atoms with Gasteiger partial charge in [-0.3, -0.25) is 0 Å². The van der Waals surface area contributed by atoms with Crippen molar-refractivity contribution in [1.82, 2.24) is 14.3 Å². The first-order valence-electron chi connectivity index (χ1n) is 5.34. The van der Waals surface area contributed by atoms with E-state index >= 15 is 0 Å². The summed E-state index contributed by atoms with van der Waals surface area (Å²) >= 11 is 2.77. The summed E-state index contributed by atoms with van der Waals surface area (Å²) in [5, 5.41) is 0.792. The summed E-state index contributed by atoms with van der Waals surface area (Å²) in [5.74, 6) is 0.456. The van der Waals surface area contributed by atoms with Gasteiger partial charge in [-0.05, 0) is 56.2 Å². The molecule has 2 aromatic rings. The number of pyridine rings is 1. The lowest BCUT2D eigenvalue weighted by molar-refractivity contribution is 0.124. The smallest absolute Gasteiger partial charge is 0.238 e. The molecule has 0 aromatic carbocycles. The normalized spacial score (nSPS) is 11.5. The molecule has 0 radical (unpaired) electrons. The van der Waals surface area contributed by atoms with Crippen molar-refractivity contribution in [2.24, 2.45) is 0 Å². The van der Waals surface area contributed by atoms with Crippen LogP contribution in [0.3, 0.4) is 0 Å². The molecule has 0 aliphatic carbocycles. The van der Waals surface area contributed by atoms with E-state index in [0.29, 0.717) is 11.6 Å². The van der Waals surface area contributed by atoms with Crippen molar-refractivity contribution in [2.45, 2.75) is 35.7 Å². The Balaban J connectivity index is 2.21. The van der Waals surface area contributed by atoms with Gasteiger partial charge in [0.1, 0.15) is 17.0 Å². The van der Waals surface area contributed by atoms with Crippen LogP contribution in [0.1, 0.15) is 20.8 Å². The van der Waals surface area contributed by atoms with Crippen LogP contribution >= 0.6 is 23.3 Å². The first-order chi connectivity index (χ1) is 8.44. The lowest BCUT2D eigenvalue weighted by Gasteiger charge is -2.21. The van der Waals surface area contributed by atoms with Gasteiger partial charge in [-0.2, -0.15) is 4.37 Å². The Morgan fingerprint density at radius 3 is 2.72 bits per heavy atom. The van der Waals surface area contributed by atoms with E-state index in [9.17, 15) is 0 Å². The second-order valence-electron chi connectivity index (χ2n) is 4.57. The molecule has 96 valence electrons. The van der Waals surface area contributed by atoms with Crippen LogP contribution in [0.25, 0.3) is 0 Å². The molecule has 0 saturated heterocycles. The highest BCUT2D eigenvalue weighted by molar-refractivity contribution is 8.00. The van der Waals surface area contributed by atoms with Crippen molar-refractivity contribution in [1.29, 1.82) is 0 Å². The highest BCUT2D eigenvalue weighted by Gasteiger charge is 2.16. The number of nitrogens with two attached hydrogens (primary N) is 1. The van der Waals surface area contributed by atoms with Crippen LogP contribution in [0, 0.1) is 0 Å². The maximum atomic E-state index is 5.85. The van der Waals surface area contributed by atoms with Gasteiger partial charge in [-0.15, -0.1) is 0 Å². The molecule has 7 heteroatoms. The molecule has 2 aromatic heterocycles. The summed E-state index contributed by atoms with van der Waals surface area (Å²) in [7, 11) is 0. The van der Waals surface area contributed by atoms with Crippen LogP contribution in [-0.2, 0) is 0 Å². The average molecular weight is 282 g/mol. The second kappa shape index (κ2) is 5.11. The third-order valence-corrected chi connectivity index (χ3v) is 3.45. The van der Waals surface area contributed by atoms with Crippen LogP contribution in [0.5, 0.6) is 5.88 Å². The predicted octanol–water partition coefficient (Wildman–Crippen LogP) is 2.84. The molecule has 0 saturated carbocycles. The average Bonchev–Trinajstić information content (AvgIpc) is 2.74. The summed E-state index contributed by atoms with van der Waals surface area (Å²) in [5.41, 5.74) is 6.06. The SMILES string of the molecule is CC(C)(C)Oc1nc(Sc2ncns2)ccc1N. The Hall–Kier alpha value is -1.34. The van der Waals surface area contributed by atoms with Gasteiger partial charge in [0.25, 0.3) is 0 Å². The van der Waals surface area contributed by atoms with Gasteiger partial charge >= 0.3 is 0 Å². The first-order valence-corrected chi connectivity index (χ1v) is 6.93. The van der Waals surface area contributed by atoms with Gasteiger partial charge in [-0.25, -0.2) is 9.97 Å². The standard InChI is InChI=1S/C11H14N4OS2/c1-11(2,3)16-9-7(12)4-5-8(15-9)17-10-13-6-14-18-10/h4-6H,12H2,1-3H3. The maximum Gasteiger partial charge on any atom is 0.238 e. The number of hydrogen-bond acceptors (Lipinski definition) is 7. The van der Waals surface area contributed by atoms with E-state index in [1.165, 1.54) is 29.6 Å². The molecule has 0 aliphatic rings. The molecule has 0 spiro atoms.